The minimum absolute atomic E-state index is 0. The van der Waals surface area contributed by atoms with E-state index in [1.165, 1.54) is 5.57 Å². The van der Waals surface area contributed by atoms with Gasteiger partial charge in [0.1, 0.15) is 5.60 Å². The van der Waals surface area contributed by atoms with Crippen molar-refractivity contribution in [2.45, 2.75) is 59.0 Å². The van der Waals surface area contributed by atoms with Crippen molar-refractivity contribution in [2.24, 2.45) is 10.9 Å². The molecule has 2 rings (SSSR count). The molecule has 30 heavy (non-hydrogen) atoms. The van der Waals surface area contributed by atoms with Gasteiger partial charge in [0, 0.05) is 39.8 Å². The second-order valence-corrected chi connectivity index (χ2v) is 8.86. The SMILES string of the molecule is CCN(CC1CCN(C(=NC)NCCC2=CCOCC2)CC1)C(=O)OC(C)(C)C.I. The average molecular weight is 536 g/mol. The molecule has 0 radical (unpaired) electrons. The molecular weight excluding hydrogens is 495 g/mol. The number of hydrogen-bond acceptors (Lipinski definition) is 4. The molecule has 0 saturated carbocycles. The van der Waals surface area contributed by atoms with Gasteiger partial charge in [-0.1, -0.05) is 11.6 Å². The largest absolute Gasteiger partial charge is 0.444 e. The molecule has 0 spiro atoms. The van der Waals surface area contributed by atoms with Gasteiger partial charge in [-0.05, 0) is 59.3 Å². The molecule has 1 N–H and O–H groups in total. The molecule has 2 aliphatic rings. The van der Waals surface area contributed by atoms with E-state index in [0.717, 1.165) is 71.0 Å². The Morgan fingerprint density at radius 1 is 1.37 bits per heavy atom. The number of likely N-dealkylation sites (tertiary alicyclic amines) is 1. The summed E-state index contributed by atoms with van der Waals surface area (Å²) in [6.07, 6.45) is 6.19. The number of nitrogens with one attached hydrogen (secondary N) is 1. The molecule has 0 unspecified atom stereocenters. The second kappa shape index (κ2) is 13.4. The number of aliphatic imine (C=N–C) groups is 1. The van der Waals surface area contributed by atoms with Gasteiger partial charge in [0.25, 0.3) is 0 Å². The van der Waals surface area contributed by atoms with Gasteiger partial charge in [-0.2, -0.15) is 0 Å². The van der Waals surface area contributed by atoms with Crippen molar-refractivity contribution in [2.75, 3.05) is 53.0 Å². The molecule has 0 bridgehead atoms. The highest BCUT2D eigenvalue weighted by Gasteiger charge is 2.27. The van der Waals surface area contributed by atoms with E-state index in [1.54, 1.807) is 0 Å². The number of piperidine rings is 1. The quantitative estimate of drug-likeness (QED) is 0.242. The molecule has 0 aromatic carbocycles. The molecule has 174 valence electrons. The lowest BCUT2D eigenvalue weighted by Crippen LogP contribution is -2.48. The first-order valence-electron chi connectivity index (χ1n) is 11.0. The number of rotatable bonds is 6. The Kier molecular flexibility index (Phi) is 12.1. The lowest BCUT2D eigenvalue weighted by atomic mass is 9.96. The Labute approximate surface area is 199 Å². The summed E-state index contributed by atoms with van der Waals surface area (Å²) in [5, 5.41) is 3.51. The van der Waals surface area contributed by atoms with Crippen LogP contribution in [0.1, 0.15) is 53.4 Å². The molecule has 2 heterocycles. The first-order chi connectivity index (χ1) is 13.8. The van der Waals surface area contributed by atoms with E-state index in [1.807, 2.05) is 39.6 Å². The van der Waals surface area contributed by atoms with Gasteiger partial charge < -0.3 is 24.6 Å². The van der Waals surface area contributed by atoms with Crippen molar-refractivity contribution >= 4 is 36.0 Å². The summed E-state index contributed by atoms with van der Waals surface area (Å²) in [6.45, 7) is 13.6. The fourth-order valence-corrected chi connectivity index (χ4v) is 3.76. The van der Waals surface area contributed by atoms with Crippen LogP contribution in [0.5, 0.6) is 0 Å². The third-order valence-electron chi connectivity index (χ3n) is 5.42. The van der Waals surface area contributed by atoms with Gasteiger partial charge in [0.05, 0.1) is 13.2 Å². The molecule has 0 aromatic rings. The predicted octanol–water partition coefficient (Wildman–Crippen LogP) is 3.89. The topological polar surface area (TPSA) is 66.4 Å². The number of hydrogen-bond donors (Lipinski definition) is 1. The lowest BCUT2D eigenvalue weighted by molar-refractivity contribution is 0.0214. The summed E-state index contributed by atoms with van der Waals surface area (Å²) < 4.78 is 10.9. The molecule has 8 heteroatoms. The van der Waals surface area contributed by atoms with Gasteiger partial charge in [-0.3, -0.25) is 4.99 Å². The number of ether oxygens (including phenoxy) is 2. The number of carbonyl (C=O) groups is 1. The maximum absolute atomic E-state index is 12.4. The smallest absolute Gasteiger partial charge is 0.410 e. The van der Waals surface area contributed by atoms with Gasteiger partial charge >= 0.3 is 6.09 Å². The van der Waals surface area contributed by atoms with E-state index in [4.69, 9.17) is 9.47 Å². The van der Waals surface area contributed by atoms with Crippen LogP contribution in [-0.4, -0.2) is 80.4 Å². The van der Waals surface area contributed by atoms with Crippen molar-refractivity contribution in [1.82, 2.24) is 15.1 Å². The van der Waals surface area contributed by atoms with Crippen LogP contribution in [0.4, 0.5) is 4.79 Å². The summed E-state index contributed by atoms with van der Waals surface area (Å²) in [7, 11) is 1.85. The van der Waals surface area contributed by atoms with Crippen LogP contribution in [0.3, 0.4) is 0 Å². The lowest BCUT2D eigenvalue weighted by Gasteiger charge is -2.36. The minimum Gasteiger partial charge on any atom is -0.444 e. The van der Waals surface area contributed by atoms with Crippen molar-refractivity contribution in [3.05, 3.63) is 11.6 Å². The summed E-state index contributed by atoms with van der Waals surface area (Å²) in [5.74, 6) is 1.49. The molecule has 0 aliphatic carbocycles. The highest BCUT2D eigenvalue weighted by atomic mass is 127. The number of nitrogens with zero attached hydrogens (tertiary/aromatic N) is 3. The first-order valence-corrected chi connectivity index (χ1v) is 11.0. The predicted molar refractivity (Wildman–Crippen MR) is 133 cm³/mol. The van der Waals surface area contributed by atoms with Crippen molar-refractivity contribution in [1.29, 1.82) is 0 Å². The van der Waals surface area contributed by atoms with Crippen LogP contribution in [0.2, 0.25) is 0 Å². The molecule has 0 atom stereocenters. The minimum atomic E-state index is -0.452. The molecule has 0 aromatic heterocycles. The third kappa shape index (κ3) is 9.41. The van der Waals surface area contributed by atoms with E-state index >= 15 is 0 Å². The highest BCUT2D eigenvalue weighted by molar-refractivity contribution is 14.0. The van der Waals surface area contributed by atoms with Crippen molar-refractivity contribution in [3.8, 4) is 0 Å². The van der Waals surface area contributed by atoms with E-state index in [9.17, 15) is 4.79 Å². The Balaban J connectivity index is 0.00000450. The zero-order valence-corrected chi connectivity index (χ0v) is 21.7. The Morgan fingerprint density at radius 2 is 2.07 bits per heavy atom. The average Bonchev–Trinajstić information content (AvgIpc) is 2.69. The molecule has 1 saturated heterocycles. The van der Waals surface area contributed by atoms with Gasteiger partial charge in [0.15, 0.2) is 5.96 Å². The summed E-state index contributed by atoms with van der Waals surface area (Å²) in [4.78, 5) is 21.0. The molecule has 1 amide bonds. The normalized spacial score (nSPS) is 18.4. The number of halogens is 1. The Hall–Kier alpha value is -1.03. The van der Waals surface area contributed by atoms with Gasteiger partial charge in [-0.15, -0.1) is 24.0 Å². The van der Waals surface area contributed by atoms with Crippen LogP contribution >= 0.6 is 24.0 Å². The zero-order valence-electron chi connectivity index (χ0n) is 19.4. The van der Waals surface area contributed by atoms with E-state index in [2.05, 4.69) is 21.3 Å². The second-order valence-electron chi connectivity index (χ2n) is 8.86. The van der Waals surface area contributed by atoms with Gasteiger partial charge in [-0.25, -0.2) is 4.79 Å². The molecule has 1 fully saturated rings. The number of carbonyl (C=O) groups excluding carboxylic acids is 1. The fraction of sp³-hybridized carbons (Fsp3) is 0.818. The monoisotopic (exact) mass is 536 g/mol. The van der Waals surface area contributed by atoms with Crippen LogP contribution < -0.4 is 5.32 Å². The fourth-order valence-electron chi connectivity index (χ4n) is 3.76. The summed E-state index contributed by atoms with van der Waals surface area (Å²) in [5.41, 5.74) is 1.02. The number of guanidine groups is 1. The van der Waals surface area contributed by atoms with E-state index in [-0.39, 0.29) is 30.1 Å². The maximum Gasteiger partial charge on any atom is 0.410 e. The maximum atomic E-state index is 12.4. The first kappa shape index (κ1) is 27.0. The van der Waals surface area contributed by atoms with Crippen LogP contribution in [0, 0.1) is 5.92 Å². The molecule has 2 aliphatic heterocycles. The third-order valence-corrected chi connectivity index (χ3v) is 5.42. The summed E-state index contributed by atoms with van der Waals surface area (Å²) in [6, 6.07) is 0. The molecular formula is C22H41IN4O3. The Morgan fingerprint density at radius 3 is 2.60 bits per heavy atom. The summed E-state index contributed by atoms with van der Waals surface area (Å²) >= 11 is 0. The standard InChI is InChI=1S/C22H40N4O3.HI/c1-6-25(21(27)29-22(2,3)4)17-19-8-13-26(14-9-19)20(23-5)24-12-7-18-10-15-28-16-11-18;/h10,19H,6-9,11-17H2,1-5H3,(H,23,24);1H. The van der Waals surface area contributed by atoms with E-state index in [0.29, 0.717) is 12.5 Å². The van der Waals surface area contributed by atoms with Gasteiger partial charge in [0.2, 0.25) is 0 Å². The van der Waals surface area contributed by atoms with Crippen molar-refractivity contribution in [3.63, 3.8) is 0 Å². The van der Waals surface area contributed by atoms with E-state index < -0.39 is 5.60 Å². The van der Waals surface area contributed by atoms with Crippen LogP contribution in [-0.2, 0) is 9.47 Å². The highest BCUT2D eigenvalue weighted by Crippen LogP contribution is 2.20. The molecule has 7 nitrogen and oxygen atoms in total. The van der Waals surface area contributed by atoms with Crippen molar-refractivity contribution < 1.29 is 14.3 Å². The van der Waals surface area contributed by atoms with Crippen LogP contribution in [0.15, 0.2) is 16.6 Å². The number of amides is 1. The zero-order chi connectivity index (χ0) is 21.3. The Bertz CT molecular complexity index is 581. The van der Waals surface area contributed by atoms with Crippen LogP contribution in [0.25, 0.3) is 0 Å².